The smallest absolute Gasteiger partial charge is 0.335 e. The Morgan fingerprint density at radius 1 is 0.962 bits per heavy atom. The van der Waals surface area contributed by atoms with Crippen molar-refractivity contribution in [3.05, 3.63) is 0 Å². The summed E-state index contributed by atoms with van der Waals surface area (Å²) in [5, 5.41) is 0. The minimum Gasteiger partial charge on any atom is -0.414 e. The molecule has 0 aromatic carbocycles. The summed E-state index contributed by atoms with van der Waals surface area (Å²) in [5.41, 5.74) is 3.35. The molecule has 3 fully saturated rings. The lowest BCUT2D eigenvalue weighted by atomic mass is 9.96. The zero-order valence-electron chi connectivity index (χ0n) is 18.5. The molecule has 0 aliphatic carbocycles. The first-order valence-electron chi connectivity index (χ1n) is 10.6. The lowest BCUT2D eigenvalue weighted by Crippen LogP contribution is -2.71. The molecular formula is C18H37NO5Si2. The predicted molar refractivity (Wildman–Crippen MR) is 105 cm³/mol. The third kappa shape index (κ3) is 3.06. The standard InChI is InChI=1S/C18H37NO5Si2/c1-12(2)25(13(3)4)21-11-18-10-19-22-16(9-20-18)17(18)23-26(24-25,14(5)6)15(7)8/h12-17,19H,9-11H2,1-8H3/t16-,17?,18-/m1/s1/i9T/t9-,16+,17?,18+/m0. The van der Waals surface area contributed by atoms with E-state index in [0.717, 1.165) is 0 Å². The molecule has 4 atom stereocenters. The van der Waals surface area contributed by atoms with Crippen molar-refractivity contribution in [1.29, 1.82) is 0 Å². The number of nitrogens with one attached hydrogen (secondary N) is 1. The number of ether oxygens (including phenoxy) is 1. The van der Waals surface area contributed by atoms with Crippen LogP contribution >= 0.6 is 0 Å². The fourth-order valence-corrected chi connectivity index (χ4v) is 15.9. The van der Waals surface area contributed by atoms with Gasteiger partial charge in [-0.3, -0.25) is 4.84 Å². The van der Waals surface area contributed by atoms with Gasteiger partial charge in [-0.25, -0.2) is 0 Å². The molecule has 152 valence electrons. The van der Waals surface area contributed by atoms with Crippen molar-refractivity contribution in [2.75, 3.05) is 19.7 Å². The Balaban J connectivity index is 2.13. The van der Waals surface area contributed by atoms with Crippen LogP contribution in [-0.4, -0.2) is 54.7 Å². The molecule has 0 radical (unpaired) electrons. The van der Waals surface area contributed by atoms with Crippen molar-refractivity contribution in [1.82, 2.24) is 5.48 Å². The highest BCUT2D eigenvalue weighted by Crippen LogP contribution is 2.49. The van der Waals surface area contributed by atoms with Gasteiger partial charge in [-0.15, -0.1) is 0 Å². The highest BCUT2D eigenvalue weighted by Gasteiger charge is 2.65. The zero-order chi connectivity index (χ0) is 20.2. The summed E-state index contributed by atoms with van der Waals surface area (Å²) < 4.78 is 35.4. The van der Waals surface area contributed by atoms with Gasteiger partial charge in [-0.1, -0.05) is 55.4 Å². The maximum Gasteiger partial charge on any atom is 0.335 e. The van der Waals surface area contributed by atoms with Crippen LogP contribution in [0.3, 0.4) is 0 Å². The third-order valence-corrected chi connectivity index (χ3v) is 16.4. The fraction of sp³-hybridized carbons (Fsp3) is 1.00. The molecule has 26 heavy (non-hydrogen) atoms. The van der Waals surface area contributed by atoms with Gasteiger partial charge >= 0.3 is 17.1 Å². The summed E-state index contributed by atoms with van der Waals surface area (Å²) in [7, 11) is -5.30. The molecule has 6 nitrogen and oxygen atoms in total. The average molecular weight is 406 g/mol. The van der Waals surface area contributed by atoms with Crippen LogP contribution in [-0.2, 0) is 22.5 Å². The van der Waals surface area contributed by atoms with Crippen LogP contribution in [0.4, 0.5) is 0 Å². The van der Waals surface area contributed by atoms with Crippen molar-refractivity contribution in [3.63, 3.8) is 0 Å². The van der Waals surface area contributed by atoms with Crippen molar-refractivity contribution in [3.8, 4) is 0 Å². The van der Waals surface area contributed by atoms with Gasteiger partial charge in [0.2, 0.25) is 0 Å². The summed E-state index contributed by atoms with van der Waals surface area (Å²) in [4.78, 5) is 5.68. The van der Waals surface area contributed by atoms with E-state index in [0.29, 0.717) is 13.2 Å². The molecule has 3 saturated heterocycles. The van der Waals surface area contributed by atoms with E-state index in [1.807, 2.05) is 0 Å². The van der Waals surface area contributed by atoms with Gasteiger partial charge in [0.1, 0.15) is 17.8 Å². The molecule has 0 aromatic rings. The monoisotopic (exact) mass is 405 g/mol. The van der Waals surface area contributed by atoms with Gasteiger partial charge < -0.3 is 17.7 Å². The summed E-state index contributed by atoms with van der Waals surface area (Å²) in [6.07, 6.45) is -0.813. The summed E-state index contributed by atoms with van der Waals surface area (Å²) in [6, 6.07) is 0. The number of hydrogen-bond donors (Lipinski definition) is 1. The van der Waals surface area contributed by atoms with Crippen LogP contribution in [0.15, 0.2) is 0 Å². The van der Waals surface area contributed by atoms with Crippen LogP contribution in [0.25, 0.3) is 0 Å². The Bertz CT molecular complexity index is 534. The van der Waals surface area contributed by atoms with E-state index in [1.54, 1.807) is 0 Å². The summed E-state index contributed by atoms with van der Waals surface area (Å²) >= 11 is 0. The second-order valence-corrected chi connectivity index (χ2v) is 18.1. The van der Waals surface area contributed by atoms with Crippen LogP contribution in [0.5, 0.6) is 0 Å². The average Bonchev–Trinajstić information content (AvgIpc) is 2.69. The predicted octanol–water partition coefficient (Wildman–Crippen LogP) is 3.62. The Hall–Kier alpha value is 0.194. The zero-order valence-corrected chi connectivity index (χ0v) is 19.5. The quantitative estimate of drug-likeness (QED) is 0.721. The van der Waals surface area contributed by atoms with Gasteiger partial charge in [-0.05, 0) is 22.2 Å². The lowest BCUT2D eigenvalue weighted by Gasteiger charge is -2.54. The van der Waals surface area contributed by atoms with Crippen molar-refractivity contribution < 1.29 is 23.9 Å². The van der Waals surface area contributed by atoms with Crippen LogP contribution in [0.2, 0.25) is 22.2 Å². The maximum absolute atomic E-state index is 8.37. The first-order valence-corrected chi connectivity index (χ1v) is 14.0. The molecule has 3 aliphatic heterocycles. The summed E-state index contributed by atoms with van der Waals surface area (Å²) in [6.45, 7) is 17.7. The highest BCUT2D eigenvalue weighted by atomic mass is 28.5. The van der Waals surface area contributed by atoms with Crippen molar-refractivity contribution in [2.45, 2.75) is 95.4 Å². The normalized spacial score (nSPS) is 39.8. The summed E-state index contributed by atoms with van der Waals surface area (Å²) in [5.74, 6) is 0. The van der Waals surface area contributed by atoms with Gasteiger partial charge in [0.05, 0.1) is 21.1 Å². The van der Waals surface area contributed by atoms with E-state index in [4.69, 9.17) is 23.9 Å². The van der Waals surface area contributed by atoms with E-state index in [1.165, 1.54) is 0 Å². The fourth-order valence-electron chi connectivity index (χ4n) is 4.62. The molecule has 0 amide bonds. The molecule has 1 N–H and O–H groups in total. The Morgan fingerprint density at radius 3 is 2.08 bits per heavy atom. The Morgan fingerprint density at radius 2 is 1.54 bits per heavy atom. The lowest BCUT2D eigenvalue weighted by molar-refractivity contribution is -0.164. The van der Waals surface area contributed by atoms with Gasteiger partial charge in [-0.2, -0.15) is 5.48 Å². The molecule has 0 aromatic heterocycles. The minimum atomic E-state index is -2.70. The van der Waals surface area contributed by atoms with E-state index < -0.39 is 35.4 Å². The van der Waals surface area contributed by atoms with E-state index in [-0.39, 0.29) is 28.3 Å². The molecule has 2 bridgehead atoms. The van der Waals surface area contributed by atoms with Gasteiger partial charge in [0.15, 0.2) is 0 Å². The number of hydroxylamine groups is 1. The third-order valence-electron chi connectivity index (χ3n) is 6.24. The molecule has 3 heterocycles. The van der Waals surface area contributed by atoms with Crippen LogP contribution < -0.4 is 5.48 Å². The Kier molecular flexibility index (Phi) is 5.42. The largest absolute Gasteiger partial charge is 0.414 e. The van der Waals surface area contributed by atoms with Crippen LogP contribution in [0, 0.1) is 0 Å². The maximum atomic E-state index is 8.37. The first-order chi connectivity index (χ1) is 12.5. The number of hydrogen-bond acceptors (Lipinski definition) is 6. The van der Waals surface area contributed by atoms with E-state index in [9.17, 15) is 0 Å². The van der Waals surface area contributed by atoms with Gasteiger partial charge in [0, 0.05) is 0 Å². The second-order valence-electron chi connectivity index (χ2n) is 9.21. The molecular weight excluding hydrogens is 366 g/mol. The Labute approximate surface area is 162 Å². The number of rotatable bonds is 4. The molecule has 3 rings (SSSR count). The van der Waals surface area contributed by atoms with E-state index >= 15 is 0 Å². The molecule has 1 unspecified atom stereocenters. The minimum absolute atomic E-state index is 0.249. The van der Waals surface area contributed by atoms with E-state index in [2.05, 4.69) is 60.9 Å². The molecule has 0 saturated carbocycles. The first kappa shape index (κ1) is 19.5. The van der Waals surface area contributed by atoms with Gasteiger partial charge in [0.25, 0.3) is 0 Å². The second kappa shape index (κ2) is 7.22. The van der Waals surface area contributed by atoms with Crippen molar-refractivity contribution in [2.24, 2.45) is 0 Å². The highest BCUT2D eigenvalue weighted by molar-refractivity contribution is 6.84. The SMILES string of the molecule is [3H][C@@H]1O[C@@]23CNO[C@H]1C2O[Si](C(C)C)(C(C)C)O[Si](C(C)C)(C(C)C)OC3. The van der Waals surface area contributed by atoms with Crippen LogP contribution in [0.1, 0.15) is 56.8 Å². The topological polar surface area (TPSA) is 58.2 Å². The van der Waals surface area contributed by atoms with Crippen molar-refractivity contribution >= 4 is 17.1 Å². The molecule has 3 aliphatic rings. The molecule has 0 spiro atoms. The molecule has 8 heteroatoms.